The monoisotopic (exact) mass is 466 g/mol. The Hall–Kier alpha value is -4.16. The molecule has 13 nitrogen and oxygen atoms in total. The van der Waals surface area contributed by atoms with Crippen LogP contribution in [0.2, 0.25) is 0 Å². The second-order valence-corrected chi connectivity index (χ2v) is 8.33. The minimum absolute atomic E-state index is 0.0103. The average molecular weight is 466 g/mol. The van der Waals surface area contributed by atoms with Crippen LogP contribution in [0.15, 0.2) is 27.8 Å². The van der Waals surface area contributed by atoms with E-state index in [-0.39, 0.29) is 12.5 Å². The number of pyridine rings is 1. The first kappa shape index (κ1) is 21.7. The summed E-state index contributed by atoms with van der Waals surface area (Å²) in [5.41, 5.74) is 0.771. The molecule has 0 saturated carbocycles. The van der Waals surface area contributed by atoms with Crippen LogP contribution in [0.1, 0.15) is 5.89 Å². The molecule has 0 radical (unpaired) electrons. The molecule has 4 amide bonds. The lowest BCUT2D eigenvalue weighted by Crippen LogP contribution is -2.62. The van der Waals surface area contributed by atoms with Crippen LogP contribution < -0.4 is 4.90 Å². The zero-order chi connectivity index (χ0) is 24.0. The third-order valence-electron chi connectivity index (χ3n) is 6.20. The fraction of sp³-hybridized carbons (Fsp3) is 0.429. The molecule has 3 aliphatic rings. The predicted octanol–water partition coefficient (Wildman–Crippen LogP) is -0.566. The molecule has 5 rings (SSSR count). The second kappa shape index (κ2) is 8.32. The number of fused-ring (bicyclic) bond motifs is 1. The Morgan fingerprint density at radius 2 is 1.91 bits per heavy atom. The highest BCUT2D eigenvalue weighted by Crippen LogP contribution is 2.20. The molecule has 13 heteroatoms. The first-order valence-corrected chi connectivity index (χ1v) is 10.8. The molecular formula is C21H24N9O4+. The number of aryl methyl sites for hydroxylation is 1. The largest absolute Gasteiger partial charge is 0.353 e. The maximum Gasteiger partial charge on any atom is 0.333 e. The maximum atomic E-state index is 13.0. The fourth-order valence-electron chi connectivity index (χ4n) is 4.24. The smallest absolute Gasteiger partial charge is 0.333 e. The van der Waals surface area contributed by atoms with Crippen LogP contribution in [0.4, 0.5) is 10.6 Å². The van der Waals surface area contributed by atoms with Gasteiger partial charge in [0.25, 0.3) is 30.0 Å². The highest BCUT2D eigenvalue weighted by atomic mass is 16.5. The van der Waals surface area contributed by atoms with Gasteiger partial charge in [0, 0.05) is 59.0 Å². The van der Waals surface area contributed by atoms with E-state index in [1.807, 2.05) is 12.1 Å². The maximum absolute atomic E-state index is 13.0. The van der Waals surface area contributed by atoms with E-state index in [4.69, 9.17) is 4.52 Å². The van der Waals surface area contributed by atoms with E-state index in [0.717, 1.165) is 16.3 Å². The highest BCUT2D eigenvalue weighted by molar-refractivity contribution is 6.21. The summed E-state index contributed by atoms with van der Waals surface area (Å²) in [6.07, 6.45) is 3.17. The van der Waals surface area contributed by atoms with Gasteiger partial charge in [-0.2, -0.15) is 4.98 Å². The van der Waals surface area contributed by atoms with Crippen LogP contribution in [-0.4, -0.2) is 117 Å². The molecule has 2 aromatic heterocycles. The van der Waals surface area contributed by atoms with Gasteiger partial charge in [0.2, 0.25) is 11.7 Å². The van der Waals surface area contributed by atoms with Crippen LogP contribution in [0, 0.1) is 6.92 Å². The summed E-state index contributed by atoms with van der Waals surface area (Å²) in [7, 11) is 3.00. The average Bonchev–Trinajstić information content (AvgIpc) is 3.48. The number of aliphatic imine (C=N–C) groups is 1. The molecule has 176 valence electrons. The number of hydrogen-bond acceptors (Lipinski definition) is 9. The summed E-state index contributed by atoms with van der Waals surface area (Å²) in [6, 6.07) is 2.60. The van der Waals surface area contributed by atoms with Crippen molar-refractivity contribution in [3.05, 3.63) is 24.2 Å². The molecule has 1 unspecified atom stereocenters. The zero-order valence-corrected chi connectivity index (χ0v) is 19.1. The summed E-state index contributed by atoms with van der Waals surface area (Å²) in [4.78, 5) is 56.9. The molecule has 5 heterocycles. The zero-order valence-electron chi connectivity index (χ0n) is 19.1. The van der Waals surface area contributed by atoms with Gasteiger partial charge in [-0.25, -0.2) is 14.4 Å². The number of piperazine rings is 1. The normalized spacial score (nSPS) is 20.5. The number of hydrogen-bond donors (Lipinski definition) is 0. The van der Waals surface area contributed by atoms with Gasteiger partial charge >= 0.3 is 6.03 Å². The molecule has 1 atom stereocenters. The molecule has 2 saturated heterocycles. The highest BCUT2D eigenvalue weighted by Gasteiger charge is 2.51. The van der Waals surface area contributed by atoms with Crippen LogP contribution >= 0.6 is 0 Å². The van der Waals surface area contributed by atoms with E-state index in [2.05, 4.69) is 25.0 Å². The van der Waals surface area contributed by atoms with E-state index in [1.165, 1.54) is 18.3 Å². The van der Waals surface area contributed by atoms with Crippen molar-refractivity contribution >= 4 is 35.8 Å². The second-order valence-electron chi connectivity index (χ2n) is 8.33. The van der Waals surface area contributed by atoms with Gasteiger partial charge < -0.3 is 14.3 Å². The van der Waals surface area contributed by atoms with Gasteiger partial charge in [-0.3, -0.25) is 19.4 Å². The van der Waals surface area contributed by atoms with Crippen LogP contribution in [0.3, 0.4) is 0 Å². The number of amidine groups is 1. The topological polar surface area (TPSA) is 131 Å². The number of carbonyl (C=O) groups is 3. The number of carbonyl (C=O) groups excluding carboxylic acids is 3. The SMILES string of the molecule is Cc1nc(-c2ccc(N3CCN(C(=O)C[N+]4=CN=C5C4C(=O)N(C)C(=O)N5C)CC3)nc2)no1. The van der Waals surface area contributed by atoms with Crippen molar-refractivity contribution in [1.29, 1.82) is 0 Å². The van der Waals surface area contributed by atoms with E-state index < -0.39 is 18.0 Å². The number of nitrogens with zero attached hydrogens (tertiary/aromatic N) is 9. The van der Waals surface area contributed by atoms with Gasteiger partial charge in [0.15, 0.2) is 6.54 Å². The molecule has 2 fully saturated rings. The molecule has 34 heavy (non-hydrogen) atoms. The van der Waals surface area contributed by atoms with Crippen molar-refractivity contribution < 1.29 is 23.5 Å². The summed E-state index contributed by atoms with van der Waals surface area (Å²) < 4.78 is 6.60. The summed E-state index contributed by atoms with van der Waals surface area (Å²) in [5.74, 6) is 1.66. The summed E-state index contributed by atoms with van der Waals surface area (Å²) >= 11 is 0. The first-order valence-electron chi connectivity index (χ1n) is 10.8. The number of imide groups is 1. The Labute approximate surface area is 195 Å². The molecule has 3 aliphatic heterocycles. The summed E-state index contributed by atoms with van der Waals surface area (Å²) in [6.45, 7) is 4.07. The van der Waals surface area contributed by atoms with Crippen molar-refractivity contribution in [1.82, 2.24) is 29.8 Å². The van der Waals surface area contributed by atoms with Crippen molar-refractivity contribution in [3.8, 4) is 11.4 Å². The lowest BCUT2D eigenvalue weighted by atomic mass is 10.1. The first-order chi connectivity index (χ1) is 16.3. The Morgan fingerprint density at radius 3 is 2.56 bits per heavy atom. The van der Waals surface area contributed by atoms with Gasteiger partial charge in [-0.05, 0) is 17.1 Å². The van der Waals surface area contributed by atoms with Gasteiger partial charge in [0.1, 0.15) is 5.82 Å². The van der Waals surface area contributed by atoms with E-state index in [0.29, 0.717) is 43.7 Å². The minimum Gasteiger partial charge on any atom is -0.353 e. The minimum atomic E-state index is -0.761. The predicted molar refractivity (Wildman–Crippen MR) is 119 cm³/mol. The Morgan fingerprint density at radius 1 is 1.15 bits per heavy atom. The van der Waals surface area contributed by atoms with Crippen LogP contribution in [0.5, 0.6) is 0 Å². The number of aromatic nitrogens is 3. The van der Waals surface area contributed by atoms with Crippen molar-refractivity contribution in [2.75, 3.05) is 51.7 Å². The van der Waals surface area contributed by atoms with Crippen LogP contribution in [0.25, 0.3) is 11.4 Å². The van der Waals surface area contributed by atoms with E-state index in [1.54, 1.807) is 29.6 Å². The molecule has 0 N–H and O–H groups in total. The number of anilines is 1. The fourth-order valence-corrected chi connectivity index (χ4v) is 4.24. The van der Waals surface area contributed by atoms with Crippen molar-refractivity contribution in [2.45, 2.75) is 13.0 Å². The number of rotatable bonds is 4. The summed E-state index contributed by atoms with van der Waals surface area (Å²) in [5, 5.41) is 3.90. The molecule has 0 aromatic carbocycles. The lowest BCUT2D eigenvalue weighted by Gasteiger charge is -2.35. The Balaban J connectivity index is 1.18. The number of urea groups is 1. The molecule has 0 aliphatic carbocycles. The van der Waals surface area contributed by atoms with Gasteiger partial charge in [0.05, 0.1) is 0 Å². The van der Waals surface area contributed by atoms with Crippen molar-refractivity contribution in [2.24, 2.45) is 4.99 Å². The standard InChI is InChI=1S/C21H24N9O4/c1-13-24-18(25-34-13)14-4-5-15(22-10-14)28-6-8-29(9-7-28)16(31)11-30-12-23-19-17(30)20(32)27(3)21(33)26(19)2/h4-5,10,12,17H,6-9,11H2,1-3H3/q+1. The molecule has 0 bridgehead atoms. The van der Waals surface area contributed by atoms with E-state index >= 15 is 0 Å². The molecular weight excluding hydrogens is 442 g/mol. The number of likely N-dealkylation sites (N-methyl/N-ethyl adjacent to an activating group) is 2. The number of amides is 4. The van der Waals surface area contributed by atoms with Gasteiger partial charge in [-0.15, -0.1) is 0 Å². The quantitative estimate of drug-likeness (QED) is 0.548. The van der Waals surface area contributed by atoms with E-state index in [9.17, 15) is 14.4 Å². The third kappa shape index (κ3) is 3.68. The van der Waals surface area contributed by atoms with Gasteiger partial charge in [-0.1, -0.05) is 5.16 Å². The molecule has 0 spiro atoms. The Kier molecular flexibility index (Phi) is 5.30. The van der Waals surface area contributed by atoms with Crippen LogP contribution in [-0.2, 0) is 9.59 Å². The Bertz CT molecular complexity index is 1210. The molecule has 2 aromatic rings. The lowest BCUT2D eigenvalue weighted by molar-refractivity contribution is -0.520. The van der Waals surface area contributed by atoms with Crippen molar-refractivity contribution in [3.63, 3.8) is 0 Å². The third-order valence-corrected chi connectivity index (χ3v) is 6.20.